The first-order valence-corrected chi connectivity index (χ1v) is 4.97. The maximum absolute atomic E-state index is 12.6. The maximum Gasteiger partial charge on any atom is 0.257 e. The molecule has 1 aromatic rings. The lowest BCUT2D eigenvalue weighted by Gasteiger charge is -2.16. The van der Waals surface area contributed by atoms with Crippen molar-refractivity contribution in [1.82, 2.24) is 4.90 Å². The second-order valence-corrected chi connectivity index (χ2v) is 3.25. The minimum Gasteiger partial charge on any atom is -0.314 e. The molecule has 1 rings (SSSR count). The van der Waals surface area contributed by atoms with Crippen LogP contribution < -0.4 is 0 Å². The number of hydrogen-bond donors (Lipinski definition) is 0. The lowest BCUT2D eigenvalue weighted by atomic mass is 10.2. The Kier molecular flexibility index (Phi) is 4.31. The van der Waals surface area contributed by atoms with Crippen molar-refractivity contribution < 1.29 is 9.18 Å². The molecule has 4 heteroatoms. The zero-order chi connectivity index (χ0) is 11.3. The summed E-state index contributed by atoms with van der Waals surface area (Å²) < 4.78 is 12.6. The van der Waals surface area contributed by atoms with Gasteiger partial charge in [0.1, 0.15) is 5.82 Å². The van der Waals surface area contributed by atoms with Crippen molar-refractivity contribution in [3.8, 4) is 0 Å². The summed E-state index contributed by atoms with van der Waals surface area (Å²) in [5.74, 6) is -0.265. The first-order valence-electron chi connectivity index (χ1n) is 4.44. The lowest BCUT2D eigenvalue weighted by molar-refractivity contribution is 0.0829. The third kappa shape index (κ3) is 3.06. The largest absolute Gasteiger partial charge is 0.314 e. The van der Waals surface area contributed by atoms with Crippen LogP contribution in [-0.2, 0) is 0 Å². The van der Waals surface area contributed by atoms with Gasteiger partial charge in [0.15, 0.2) is 0 Å². The highest BCUT2D eigenvalue weighted by atomic mass is 35.5. The van der Waals surface area contributed by atoms with Crippen LogP contribution in [0.15, 0.2) is 37.0 Å². The SMILES string of the molecule is C=CN(CCCl)C(=O)c1ccc(F)cc1. The fourth-order valence-electron chi connectivity index (χ4n) is 1.13. The van der Waals surface area contributed by atoms with E-state index in [1.807, 2.05) is 0 Å². The van der Waals surface area contributed by atoms with Crippen LogP contribution in [0.2, 0.25) is 0 Å². The van der Waals surface area contributed by atoms with Gasteiger partial charge in [0.05, 0.1) is 0 Å². The Morgan fingerprint density at radius 2 is 2.07 bits per heavy atom. The highest BCUT2D eigenvalue weighted by molar-refractivity contribution is 6.18. The molecule has 2 nitrogen and oxygen atoms in total. The van der Waals surface area contributed by atoms with Gasteiger partial charge in [-0.25, -0.2) is 4.39 Å². The van der Waals surface area contributed by atoms with Gasteiger partial charge < -0.3 is 4.90 Å². The Morgan fingerprint density at radius 1 is 1.47 bits per heavy atom. The molecule has 1 amide bonds. The van der Waals surface area contributed by atoms with Gasteiger partial charge >= 0.3 is 0 Å². The number of hydrogen-bond acceptors (Lipinski definition) is 1. The van der Waals surface area contributed by atoms with Crippen LogP contribution in [0.4, 0.5) is 4.39 Å². The Labute approximate surface area is 93.0 Å². The molecule has 0 heterocycles. The summed E-state index contributed by atoms with van der Waals surface area (Å²) in [6.45, 7) is 3.91. The fraction of sp³-hybridized carbons (Fsp3) is 0.182. The molecule has 0 saturated heterocycles. The van der Waals surface area contributed by atoms with Crippen molar-refractivity contribution in [2.75, 3.05) is 12.4 Å². The van der Waals surface area contributed by atoms with Gasteiger partial charge in [-0.15, -0.1) is 11.6 Å². The number of rotatable bonds is 4. The number of amides is 1. The first kappa shape index (κ1) is 11.7. The normalized spacial score (nSPS) is 9.73. The zero-order valence-corrected chi connectivity index (χ0v) is 8.88. The molecule has 0 aromatic heterocycles. The molecule has 15 heavy (non-hydrogen) atoms. The molecule has 0 atom stereocenters. The zero-order valence-electron chi connectivity index (χ0n) is 8.12. The van der Waals surface area contributed by atoms with Crippen LogP contribution in [0.1, 0.15) is 10.4 Å². The van der Waals surface area contributed by atoms with E-state index in [4.69, 9.17) is 11.6 Å². The highest BCUT2D eigenvalue weighted by Crippen LogP contribution is 2.07. The van der Waals surface area contributed by atoms with E-state index >= 15 is 0 Å². The van der Waals surface area contributed by atoms with Crippen LogP contribution in [0.25, 0.3) is 0 Å². The van der Waals surface area contributed by atoms with Crippen LogP contribution in [0.5, 0.6) is 0 Å². The summed E-state index contributed by atoms with van der Waals surface area (Å²) in [6, 6.07) is 5.36. The molecule has 0 unspecified atom stereocenters. The molecule has 0 spiro atoms. The van der Waals surface area contributed by atoms with E-state index in [-0.39, 0.29) is 11.7 Å². The van der Waals surface area contributed by atoms with E-state index in [2.05, 4.69) is 6.58 Å². The molecular formula is C11H11ClFNO. The van der Waals surface area contributed by atoms with E-state index in [9.17, 15) is 9.18 Å². The Balaban J connectivity index is 2.82. The van der Waals surface area contributed by atoms with Gasteiger partial charge in [-0.05, 0) is 30.5 Å². The summed E-state index contributed by atoms with van der Waals surface area (Å²) in [7, 11) is 0. The maximum atomic E-state index is 12.6. The summed E-state index contributed by atoms with van der Waals surface area (Å²) in [5, 5.41) is 0. The molecule has 0 aliphatic heterocycles. The molecule has 0 radical (unpaired) electrons. The molecule has 0 fully saturated rings. The topological polar surface area (TPSA) is 20.3 Å². The average molecular weight is 228 g/mol. The number of carbonyl (C=O) groups excluding carboxylic acids is 1. The molecule has 0 bridgehead atoms. The summed E-state index contributed by atoms with van der Waals surface area (Å²) in [5.41, 5.74) is 0.418. The minimum absolute atomic E-state index is 0.231. The molecule has 1 aromatic carbocycles. The Bertz CT molecular complexity index is 350. The van der Waals surface area contributed by atoms with E-state index in [0.29, 0.717) is 18.0 Å². The van der Waals surface area contributed by atoms with Gasteiger partial charge in [-0.2, -0.15) is 0 Å². The summed E-state index contributed by atoms with van der Waals surface area (Å²) >= 11 is 5.53. The molecular weight excluding hydrogens is 217 g/mol. The van der Waals surface area contributed by atoms with Crippen LogP contribution in [0.3, 0.4) is 0 Å². The second kappa shape index (κ2) is 5.51. The van der Waals surface area contributed by atoms with Crippen molar-refractivity contribution in [2.45, 2.75) is 0 Å². The highest BCUT2D eigenvalue weighted by Gasteiger charge is 2.11. The molecule has 0 N–H and O–H groups in total. The van der Waals surface area contributed by atoms with Crippen LogP contribution in [-0.4, -0.2) is 23.2 Å². The number of halogens is 2. The van der Waals surface area contributed by atoms with Gasteiger partial charge in [-0.3, -0.25) is 4.79 Å². The van der Waals surface area contributed by atoms with Gasteiger partial charge in [0.2, 0.25) is 0 Å². The average Bonchev–Trinajstić information content (AvgIpc) is 2.26. The molecule has 0 aliphatic rings. The first-order chi connectivity index (χ1) is 7.19. The second-order valence-electron chi connectivity index (χ2n) is 2.88. The van der Waals surface area contributed by atoms with E-state index in [0.717, 1.165) is 0 Å². The van der Waals surface area contributed by atoms with Crippen LogP contribution in [0, 0.1) is 5.82 Å². The van der Waals surface area contributed by atoms with E-state index < -0.39 is 0 Å². The fourth-order valence-corrected chi connectivity index (χ4v) is 1.31. The van der Waals surface area contributed by atoms with E-state index in [1.54, 1.807) is 0 Å². The molecule has 0 aliphatic carbocycles. The number of nitrogens with zero attached hydrogens (tertiary/aromatic N) is 1. The van der Waals surface area contributed by atoms with Crippen molar-refractivity contribution in [2.24, 2.45) is 0 Å². The Hall–Kier alpha value is -1.35. The van der Waals surface area contributed by atoms with Crippen LogP contribution >= 0.6 is 11.6 Å². The quantitative estimate of drug-likeness (QED) is 0.725. The lowest BCUT2D eigenvalue weighted by Crippen LogP contribution is -2.27. The Morgan fingerprint density at radius 3 is 2.53 bits per heavy atom. The van der Waals surface area contributed by atoms with Crippen molar-refractivity contribution >= 4 is 17.5 Å². The third-order valence-electron chi connectivity index (χ3n) is 1.90. The number of alkyl halides is 1. The van der Waals surface area contributed by atoms with Gasteiger partial charge in [0.25, 0.3) is 5.91 Å². The molecule has 0 saturated carbocycles. The predicted octanol–water partition coefficient (Wildman–Crippen LogP) is 2.65. The smallest absolute Gasteiger partial charge is 0.257 e. The van der Waals surface area contributed by atoms with Crippen molar-refractivity contribution in [3.05, 3.63) is 48.4 Å². The third-order valence-corrected chi connectivity index (χ3v) is 2.07. The number of carbonyl (C=O) groups is 1. The number of benzene rings is 1. The minimum atomic E-state index is -0.367. The summed E-state index contributed by atoms with van der Waals surface area (Å²) in [6.07, 6.45) is 1.41. The predicted molar refractivity (Wildman–Crippen MR) is 58.4 cm³/mol. The van der Waals surface area contributed by atoms with Gasteiger partial charge in [-0.1, -0.05) is 6.58 Å². The van der Waals surface area contributed by atoms with E-state index in [1.165, 1.54) is 35.4 Å². The summed E-state index contributed by atoms with van der Waals surface area (Å²) in [4.78, 5) is 13.1. The standard InChI is InChI=1S/C11H11ClFNO/c1-2-14(8-7-12)11(15)9-3-5-10(13)6-4-9/h2-6H,1,7-8H2. The van der Waals surface area contributed by atoms with Crippen molar-refractivity contribution in [1.29, 1.82) is 0 Å². The van der Waals surface area contributed by atoms with Crippen molar-refractivity contribution in [3.63, 3.8) is 0 Å². The monoisotopic (exact) mass is 227 g/mol. The van der Waals surface area contributed by atoms with Gasteiger partial charge in [0, 0.05) is 18.0 Å². The molecule has 80 valence electrons.